The minimum atomic E-state index is -0.998. The summed E-state index contributed by atoms with van der Waals surface area (Å²) in [6.07, 6.45) is 8.76. The van der Waals surface area contributed by atoms with Gasteiger partial charge in [0, 0.05) is 16.5 Å². The number of aliphatic carboxylic acids is 1. The van der Waals surface area contributed by atoms with Crippen LogP contribution in [0.25, 0.3) is 6.08 Å². The molecule has 8 heteroatoms. The van der Waals surface area contributed by atoms with Crippen LogP contribution in [0, 0.1) is 0 Å². The van der Waals surface area contributed by atoms with E-state index in [-0.39, 0.29) is 18.7 Å². The SMILES string of the molecule is C=C1C=CC(C)=Cc2csc(n2)C2(CC2)NC(=O)CC(S)(CC(=O)O)CCC(C)=CC1O. The van der Waals surface area contributed by atoms with Gasteiger partial charge in [-0.15, -0.1) is 11.3 Å². The fourth-order valence-electron chi connectivity index (χ4n) is 3.73. The lowest BCUT2D eigenvalue weighted by Gasteiger charge is -2.28. The van der Waals surface area contributed by atoms with Gasteiger partial charge in [0.1, 0.15) is 5.01 Å². The Morgan fingerprint density at radius 2 is 2.06 bits per heavy atom. The number of carbonyl (C=O) groups is 2. The van der Waals surface area contributed by atoms with E-state index < -0.39 is 22.4 Å². The number of carboxylic acids is 1. The highest BCUT2D eigenvalue weighted by molar-refractivity contribution is 7.81. The van der Waals surface area contributed by atoms with Crippen molar-refractivity contribution in [1.29, 1.82) is 0 Å². The summed E-state index contributed by atoms with van der Waals surface area (Å²) < 4.78 is -0.998. The molecule has 1 aromatic rings. The molecule has 1 spiro atoms. The lowest BCUT2D eigenvalue weighted by molar-refractivity contribution is -0.137. The molecule has 1 aliphatic heterocycles. The number of carboxylic acid groups (broad SMARTS) is 1. The molecule has 1 aromatic heterocycles. The third kappa shape index (κ3) is 6.43. The van der Waals surface area contributed by atoms with E-state index >= 15 is 0 Å². The van der Waals surface area contributed by atoms with E-state index in [9.17, 15) is 19.8 Å². The highest BCUT2D eigenvalue weighted by Crippen LogP contribution is 2.47. The number of hydrogen-bond acceptors (Lipinski definition) is 6. The Morgan fingerprint density at radius 3 is 2.72 bits per heavy atom. The Balaban J connectivity index is 1.93. The summed E-state index contributed by atoms with van der Waals surface area (Å²) in [7, 11) is 0. The number of nitrogens with one attached hydrogen (secondary N) is 1. The molecule has 1 aliphatic carbocycles. The average molecular weight is 475 g/mol. The fourth-order valence-corrected chi connectivity index (χ4v) is 5.11. The molecule has 2 bridgehead atoms. The molecule has 6 nitrogen and oxygen atoms in total. The molecular formula is C24H30N2O4S2. The summed E-state index contributed by atoms with van der Waals surface area (Å²) in [6, 6.07) is 0. The minimum Gasteiger partial charge on any atom is -0.481 e. The first-order valence-electron chi connectivity index (χ1n) is 10.6. The number of thiol groups is 1. The molecule has 2 aliphatic rings. The topological polar surface area (TPSA) is 99.5 Å². The Labute approximate surface area is 198 Å². The van der Waals surface area contributed by atoms with Crippen LogP contribution in [-0.2, 0) is 15.1 Å². The number of amides is 1. The number of aliphatic hydroxyl groups excluding tert-OH is 1. The molecule has 2 atom stereocenters. The van der Waals surface area contributed by atoms with Gasteiger partial charge in [0.05, 0.1) is 23.8 Å². The molecule has 1 fully saturated rings. The molecule has 2 heterocycles. The number of allylic oxidation sites excluding steroid dienone is 3. The van der Waals surface area contributed by atoms with E-state index in [0.717, 1.165) is 34.7 Å². The van der Waals surface area contributed by atoms with Gasteiger partial charge in [-0.3, -0.25) is 9.59 Å². The van der Waals surface area contributed by atoms with E-state index in [1.807, 2.05) is 31.4 Å². The van der Waals surface area contributed by atoms with E-state index in [1.54, 1.807) is 12.2 Å². The Hall–Kier alpha value is -2.16. The molecule has 0 aromatic carbocycles. The molecule has 1 saturated carbocycles. The number of aliphatic hydroxyl groups is 1. The Kier molecular flexibility index (Phi) is 7.47. The first-order chi connectivity index (χ1) is 15.0. The molecule has 3 rings (SSSR count). The van der Waals surface area contributed by atoms with Crippen molar-refractivity contribution in [2.45, 2.75) is 68.8 Å². The maximum atomic E-state index is 12.9. The van der Waals surface area contributed by atoms with E-state index in [4.69, 9.17) is 4.98 Å². The Morgan fingerprint density at radius 1 is 1.34 bits per heavy atom. The summed E-state index contributed by atoms with van der Waals surface area (Å²) >= 11 is 6.14. The lowest BCUT2D eigenvalue weighted by atomic mass is 9.91. The summed E-state index contributed by atoms with van der Waals surface area (Å²) in [4.78, 5) is 29.1. The number of rotatable bonds is 2. The highest BCUT2D eigenvalue weighted by Gasteiger charge is 2.49. The summed E-state index contributed by atoms with van der Waals surface area (Å²) in [5.41, 5.74) is 2.76. The van der Waals surface area contributed by atoms with Crippen molar-refractivity contribution in [2.24, 2.45) is 0 Å². The van der Waals surface area contributed by atoms with Gasteiger partial charge < -0.3 is 15.5 Å². The minimum absolute atomic E-state index is 0.00726. The number of hydrogen-bond donors (Lipinski definition) is 4. The second-order valence-electron chi connectivity index (χ2n) is 8.93. The zero-order valence-corrected chi connectivity index (χ0v) is 20.1. The van der Waals surface area contributed by atoms with Crippen molar-refractivity contribution >= 4 is 41.9 Å². The molecule has 32 heavy (non-hydrogen) atoms. The molecule has 3 N–H and O–H groups in total. The lowest BCUT2D eigenvalue weighted by Crippen LogP contribution is -2.40. The van der Waals surface area contributed by atoms with Gasteiger partial charge in [-0.1, -0.05) is 30.4 Å². The number of fused-ring (bicyclic) bond motifs is 3. The van der Waals surface area contributed by atoms with E-state index in [0.29, 0.717) is 18.4 Å². The van der Waals surface area contributed by atoms with Crippen molar-refractivity contribution in [3.8, 4) is 0 Å². The summed E-state index contributed by atoms with van der Waals surface area (Å²) in [6.45, 7) is 7.78. The van der Waals surface area contributed by atoms with Gasteiger partial charge >= 0.3 is 5.97 Å². The number of thiazole rings is 1. The molecule has 172 valence electrons. The maximum Gasteiger partial charge on any atom is 0.304 e. The van der Waals surface area contributed by atoms with Crippen LogP contribution in [0.1, 0.15) is 63.1 Å². The fraction of sp³-hybridized carbons (Fsp3) is 0.458. The third-order valence-corrected chi connectivity index (χ3v) is 7.38. The van der Waals surface area contributed by atoms with Crippen LogP contribution in [0.4, 0.5) is 0 Å². The van der Waals surface area contributed by atoms with Crippen molar-refractivity contribution in [1.82, 2.24) is 10.3 Å². The number of nitrogens with zero attached hydrogens (tertiary/aromatic N) is 1. The van der Waals surface area contributed by atoms with E-state index in [2.05, 4.69) is 24.5 Å². The largest absolute Gasteiger partial charge is 0.481 e. The number of carbonyl (C=O) groups excluding carboxylic acids is 1. The number of aromatic nitrogens is 1. The average Bonchev–Trinajstić information content (AvgIpc) is 3.30. The van der Waals surface area contributed by atoms with Crippen LogP contribution < -0.4 is 5.32 Å². The summed E-state index contributed by atoms with van der Waals surface area (Å²) in [5.74, 6) is -1.22. The third-order valence-electron chi connectivity index (χ3n) is 5.77. The van der Waals surface area contributed by atoms with Crippen molar-refractivity contribution in [3.05, 3.63) is 57.6 Å². The smallest absolute Gasteiger partial charge is 0.304 e. The van der Waals surface area contributed by atoms with Crippen molar-refractivity contribution in [2.75, 3.05) is 0 Å². The second-order valence-corrected chi connectivity index (χ2v) is 10.7. The van der Waals surface area contributed by atoms with Crippen LogP contribution in [0.15, 0.2) is 46.9 Å². The summed E-state index contributed by atoms with van der Waals surface area (Å²) in [5, 5.41) is 25.8. The van der Waals surface area contributed by atoms with Gasteiger partial charge in [0.25, 0.3) is 0 Å². The van der Waals surface area contributed by atoms with Crippen molar-refractivity contribution < 1.29 is 19.8 Å². The highest BCUT2D eigenvalue weighted by atomic mass is 32.1. The van der Waals surface area contributed by atoms with E-state index in [1.165, 1.54) is 11.3 Å². The molecule has 2 unspecified atom stereocenters. The molecule has 0 saturated heterocycles. The standard InChI is InChI=1S/C24H30N2O4S2/c1-15-4-5-17(3)19(27)11-16(2)6-7-23(31,13-21(29)30)12-20(28)26-24(8-9-24)22-25-18(10-15)14-32-22/h4-5,10-11,14,19,27,31H,3,6-9,12-13H2,1-2H3,(H,26,28)(H,29,30). The zero-order chi connectivity index (χ0) is 23.5. The first-order valence-corrected chi connectivity index (χ1v) is 11.9. The molecular weight excluding hydrogens is 444 g/mol. The van der Waals surface area contributed by atoms with Gasteiger partial charge in [0.2, 0.25) is 5.91 Å². The zero-order valence-electron chi connectivity index (χ0n) is 18.4. The van der Waals surface area contributed by atoms with Gasteiger partial charge in [0.15, 0.2) is 0 Å². The van der Waals surface area contributed by atoms with Gasteiger partial charge in [-0.2, -0.15) is 12.6 Å². The quantitative estimate of drug-likeness (QED) is 0.376. The van der Waals surface area contributed by atoms with Gasteiger partial charge in [-0.05, 0) is 56.8 Å². The van der Waals surface area contributed by atoms with Crippen molar-refractivity contribution in [3.63, 3.8) is 0 Å². The monoisotopic (exact) mass is 474 g/mol. The Bertz CT molecular complexity index is 1000. The van der Waals surface area contributed by atoms with Crippen LogP contribution >= 0.6 is 24.0 Å². The van der Waals surface area contributed by atoms with Crippen LogP contribution in [-0.4, -0.2) is 37.9 Å². The first kappa shape index (κ1) is 24.5. The second kappa shape index (κ2) is 9.77. The van der Waals surface area contributed by atoms with Crippen LogP contribution in [0.3, 0.4) is 0 Å². The van der Waals surface area contributed by atoms with Gasteiger partial charge in [-0.25, -0.2) is 4.98 Å². The van der Waals surface area contributed by atoms with Crippen LogP contribution in [0.5, 0.6) is 0 Å². The predicted molar refractivity (Wildman–Crippen MR) is 131 cm³/mol. The molecule has 1 amide bonds. The maximum absolute atomic E-state index is 12.9. The van der Waals surface area contributed by atoms with Crippen LogP contribution in [0.2, 0.25) is 0 Å². The molecule has 0 radical (unpaired) electrons. The predicted octanol–water partition coefficient (Wildman–Crippen LogP) is 4.40. The normalized spacial score (nSPS) is 26.6.